The van der Waals surface area contributed by atoms with Gasteiger partial charge in [-0.3, -0.25) is 25.4 Å². The van der Waals surface area contributed by atoms with Crippen LogP contribution in [0.5, 0.6) is 0 Å². The van der Waals surface area contributed by atoms with Gasteiger partial charge in [-0.1, -0.05) is 0 Å². The monoisotopic (exact) mass is 337 g/mol. The largest absolute Gasteiger partial charge is 0.330 e. The lowest BCUT2D eigenvalue weighted by Crippen LogP contribution is -2.41. The van der Waals surface area contributed by atoms with Gasteiger partial charge in [-0.25, -0.2) is 4.98 Å². The molecule has 0 aliphatic carbocycles. The summed E-state index contributed by atoms with van der Waals surface area (Å²) in [5.74, 6) is -0.650. The minimum atomic E-state index is -0.380. The molecule has 0 spiro atoms. The average molecular weight is 337 g/mol. The highest BCUT2D eigenvalue weighted by Gasteiger charge is 2.09. The quantitative estimate of drug-likeness (QED) is 0.712. The average Bonchev–Trinajstić information content (AvgIpc) is 3.00. The van der Waals surface area contributed by atoms with Crippen LogP contribution in [0.25, 0.3) is 11.0 Å². The third-order valence-corrected chi connectivity index (χ3v) is 4.07. The lowest BCUT2D eigenvalue weighted by molar-refractivity contribution is -0.122. The number of carbonyl (C=O) groups excluding carboxylic acids is 2. The Bertz CT molecular complexity index is 918. The molecule has 2 heterocycles. The molecule has 0 radical (unpaired) electrons. The first-order valence-electron chi connectivity index (χ1n) is 7.96. The Labute approximate surface area is 145 Å². The van der Waals surface area contributed by atoms with Crippen molar-refractivity contribution < 1.29 is 9.59 Å². The van der Waals surface area contributed by atoms with Crippen molar-refractivity contribution >= 4 is 22.8 Å². The number of aromatic nitrogens is 3. The fourth-order valence-corrected chi connectivity index (χ4v) is 2.48. The molecule has 0 fully saturated rings. The van der Waals surface area contributed by atoms with E-state index >= 15 is 0 Å². The molecule has 2 N–H and O–H groups in total. The Balaban J connectivity index is 1.56. The molecule has 3 rings (SSSR count). The molecule has 1 aromatic carbocycles. The number of rotatable bonds is 4. The minimum Gasteiger partial charge on any atom is -0.330 e. The first-order valence-corrected chi connectivity index (χ1v) is 7.96. The zero-order chi connectivity index (χ0) is 17.8. The molecule has 0 atom stereocenters. The fourth-order valence-electron chi connectivity index (χ4n) is 2.48. The number of hydrogen-bond donors (Lipinski definition) is 2. The second-order valence-corrected chi connectivity index (χ2v) is 5.85. The van der Waals surface area contributed by atoms with Crippen molar-refractivity contribution in [3.63, 3.8) is 0 Å². The zero-order valence-electron chi connectivity index (χ0n) is 14.1. The van der Waals surface area contributed by atoms with Crippen LogP contribution in [0.2, 0.25) is 0 Å². The molecular formula is C18H19N5O2. The molecular weight excluding hydrogens is 318 g/mol. The highest BCUT2D eigenvalue weighted by molar-refractivity contribution is 5.95. The van der Waals surface area contributed by atoms with E-state index in [1.807, 2.05) is 24.5 Å². The number of fused-ring (bicyclic) bond motifs is 1. The molecule has 0 aliphatic heterocycles. The standard InChI is InChI=1S/C18H19N5O2/c1-12-9-15-16(10-13(12)2)23(11-20-15)8-5-17(24)21-22-18(25)14-3-6-19-7-4-14/h3-4,6-7,9-11H,5,8H2,1-2H3,(H,21,24)(H,22,25). The second-order valence-electron chi connectivity index (χ2n) is 5.85. The number of hydrazine groups is 1. The van der Waals surface area contributed by atoms with Gasteiger partial charge in [-0.15, -0.1) is 0 Å². The van der Waals surface area contributed by atoms with Crippen LogP contribution < -0.4 is 10.9 Å². The van der Waals surface area contributed by atoms with E-state index < -0.39 is 0 Å². The third-order valence-electron chi connectivity index (χ3n) is 4.07. The zero-order valence-corrected chi connectivity index (χ0v) is 14.1. The summed E-state index contributed by atoms with van der Waals surface area (Å²) in [5, 5.41) is 0. The van der Waals surface area contributed by atoms with Crippen molar-refractivity contribution in [1.29, 1.82) is 0 Å². The number of amides is 2. The summed E-state index contributed by atoms with van der Waals surface area (Å²) in [5.41, 5.74) is 9.52. The van der Waals surface area contributed by atoms with Gasteiger partial charge < -0.3 is 4.57 Å². The van der Waals surface area contributed by atoms with Gasteiger partial charge in [-0.2, -0.15) is 0 Å². The smallest absolute Gasteiger partial charge is 0.269 e. The summed E-state index contributed by atoms with van der Waals surface area (Å²) in [7, 11) is 0. The second kappa shape index (κ2) is 7.12. The van der Waals surface area contributed by atoms with Gasteiger partial charge in [0.1, 0.15) is 0 Å². The lowest BCUT2D eigenvalue weighted by atomic mass is 10.1. The van der Waals surface area contributed by atoms with Gasteiger partial charge in [0.25, 0.3) is 5.91 Å². The Kier molecular flexibility index (Phi) is 4.74. The number of pyridine rings is 1. The molecule has 0 aliphatic rings. The number of hydrogen-bond acceptors (Lipinski definition) is 4. The van der Waals surface area contributed by atoms with Gasteiger partial charge in [0.2, 0.25) is 5.91 Å². The molecule has 0 unspecified atom stereocenters. The normalized spacial score (nSPS) is 10.6. The summed E-state index contributed by atoms with van der Waals surface area (Å²) in [4.78, 5) is 32.0. The SMILES string of the molecule is Cc1cc2ncn(CCC(=O)NNC(=O)c3ccncc3)c2cc1C. The summed E-state index contributed by atoms with van der Waals surface area (Å²) in [6.07, 6.45) is 5.00. The van der Waals surface area contributed by atoms with Crippen molar-refractivity contribution in [2.75, 3.05) is 0 Å². The van der Waals surface area contributed by atoms with Crippen molar-refractivity contribution in [1.82, 2.24) is 25.4 Å². The third kappa shape index (κ3) is 3.82. The van der Waals surface area contributed by atoms with Gasteiger partial charge in [0.15, 0.2) is 0 Å². The van der Waals surface area contributed by atoms with Gasteiger partial charge in [0, 0.05) is 30.9 Å². The number of benzene rings is 1. The Hall–Kier alpha value is -3.22. The van der Waals surface area contributed by atoms with Crippen LogP contribution in [-0.4, -0.2) is 26.3 Å². The summed E-state index contributed by atoms with van der Waals surface area (Å²) >= 11 is 0. The van der Waals surface area contributed by atoms with Crippen molar-refractivity contribution in [2.24, 2.45) is 0 Å². The lowest BCUT2D eigenvalue weighted by Gasteiger charge is -2.08. The van der Waals surface area contributed by atoms with E-state index in [-0.39, 0.29) is 18.2 Å². The highest BCUT2D eigenvalue weighted by Crippen LogP contribution is 2.18. The molecule has 0 saturated heterocycles. The first kappa shape index (κ1) is 16.6. The van der Waals surface area contributed by atoms with E-state index in [9.17, 15) is 9.59 Å². The van der Waals surface area contributed by atoms with Crippen molar-refractivity contribution in [3.8, 4) is 0 Å². The molecule has 2 amide bonds. The molecule has 25 heavy (non-hydrogen) atoms. The van der Waals surface area contributed by atoms with E-state index in [4.69, 9.17) is 0 Å². The van der Waals surface area contributed by atoms with Crippen LogP contribution in [-0.2, 0) is 11.3 Å². The van der Waals surface area contributed by atoms with Crippen molar-refractivity contribution in [3.05, 3.63) is 59.7 Å². The number of carbonyl (C=O) groups is 2. The van der Waals surface area contributed by atoms with Crippen LogP contribution in [0.15, 0.2) is 43.0 Å². The Morgan fingerprint density at radius 2 is 1.80 bits per heavy atom. The maximum absolute atomic E-state index is 12.0. The Morgan fingerprint density at radius 3 is 2.56 bits per heavy atom. The molecule has 128 valence electrons. The van der Waals surface area contributed by atoms with E-state index in [0.29, 0.717) is 12.1 Å². The maximum Gasteiger partial charge on any atom is 0.269 e. The van der Waals surface area contributed by atoms with Crippen LogP contribution >= 0.6 is 0 Å². The minimum absolute atomic E-state index is 0.231. The number of imidazole rings is 1. The maximum atomic E-state index is 12.0. The number of nitrogens with zero attached hydrogens (tertiary/aromatic N) is 3. The highest BCUT2D eigenvalue weighted by atomic mass is 16.2. The molecule has 0 saturated carbocycles. The van der Waals surface area contributed by atoms with E-state index in [0.717, 1.165) is 11.0 Å². The fraction of sp³-hybridized carbons (Fsp3) is 0.222. The van der Waals surface area contributed by atoms with Crippen LogP contribution in [0.4, 0.5) is 0 Å². The summed E-state index contributed by atoms with van der Waals surface area (Å²) < 4.78 is 1.94. The molecule has 7 heteroatoms. The van der Waals surface area contributed by atoms with Gasteiger partial charge in [0.05, 0.1) is 17.4 Å². The summed E-state index contributed by atoms with van der Waals surface area (Å²) in [6, 6.07) is 7.25. The van der Waals surface area contributed by atoms with E-state index in [2.05, 4.69) is 26.9 Å². The van der Waals surface area contributed by atoms with Crippen molar-refractivity contribution in [2.45, 2.75) is 26.8 Å². The van der Waals surface area contributed by atoms with Crippen LogP contribution in [0.1, 0.15) is 27.9 Å². The van der Waals surface area contributed by atoms with Gasteiger partial charge in [-0.05, 0) is 49.2 Å². The van der Waals surface area contributed by atoms with Gasteiger partial charge >= 0.3 is 0 Å². The van der Waals surface area contributed by atoms with E-state index in [1.54, 1.807) is 18.5 Å². The van der Waals surface area contributed by atoms with Crippen LogP contribution in [0, 0.1) is 13.8 Å². The van der Waals surface area contributed by atoms with Crippen LogP contribution in [0.3, 0.4) is 0 Å². The number of aryl methyl sites for hydroxylation is 3. The molecule has 3 aromatic rings. The number of nitrogens with one attached hydrogen (secondary N) is 2. The summed E-state index contributed by atoms with van der Waals surface area (Å²) in [6.45, 7) is 4.58. The predicted molar refractivity (Wildman–Crippen MR) is 93.7 cm³/mol. The topological polar surface area (TPSA) is 88.9 Å². The predicted octanol–water partition coefficient (Wildman–Crippen LogP) is 1.90. The first-order chi connectivity index (χ1) is 12.0. The molecule has 7 nitrogen and oxygen atoms in total. The molecule has 2 aromatic heterocycles. The Morgan fingerprint density at radius 1 is 1.08 bits per heavy atom. The molecule has 0 bridgehead atoms. The van der Waals surface area contributed by atoms with E-state index in [1.165, 1.54) is 23.5 Å².